The van der Waals surface area contributed by atoms with Gasteiger partial charge in [0.05, 0.1) is 23.9 Å². The number of carboxylic acid groups (broad SMARTS) is 1. The number of amides is 3. The molecule has 0 bridgehead atoms. The first-order valence-electron chi connectivity index (χ1n) is 11.8. The minimum Gasteiger partial charge on any atom is -0.481 e. The summed E-state index contributed by atoms with van der Waals surface area (Å²) in [4.78, 5) is 65.2. The van der Waals surface area contributed by atoms with Gasteiger partial charge in [0.15, 0.2) is 0 Å². The van der Waals surface area contributed by atoms with Crippen LogP contribution in [0.1, 0.15) is 38.1 Å². The Balaban J connectivity index is 1.61. The third-order valence-corrected chi connectivity index (χ3v) is 7.22. The van der Waals surface area contributed by atoms with Crippen LogP contribution in [-0.4, -0.2) is 69.2 Å². The summed E-state index contributed by atoms with van der Waals surface area (Å²) in [5.41, 5.74) is 0.105. The van der Waals surface area contributed by atoms with Crippen LogP contribution >= 0.6 is 11.3 Å². The number of carbonyl (C=O) groups is 4. The number of thiophene rings is 1. The molecule has 0 aliphatic carbocycles. The fourth-order valence-corrected chi connectivity index (χ4v) is 5.03. The number of benzene rings is 2. The number of hydrogen-bond acceptors (Lipinski definition) is 7. The summed E-state index contributed by atoms with van der Waals surface area (Å²) in [5.74, 6) is -3.36. The molecule has 1 fully saturated rings. The van der Waals surface area contributed by atoms with Gasteiger partial charge in [0.25, 0.3) is 17.5 Å². The maximum Gasteiger partial charge on any atom is 0.305 e. The van der Waals surface area contributed by atoms with Crippen LogP contribution in [0.25, 0.3) is 0 Å². The highest BCUT2D eigenvalue weighted by molar-refractivity contribution is 7.10. The maximum atomic E-state index is 13.6. The molecule has 2 N–H and O–H groups in total. The van der Waals surface area contributed by atoms with Gasteiger partial charge in [-0.25, -0.2) is 4.39 Å². The van der Waals surface area contributed by atoms with E-state index in [4.69, 9.17) is 0 Å². The molecule has 0 radical (unpaired) electrons. The van der Waals surface area contributed by atoms with Gasteiger partial charge in [0.1, 0.15) is 11.9 Å². The van der Waals surface area contributed by atoms with Gasteiger partial charge >= 0.3 is 5.97 Å². The van der Waals surface area contributed by atoms with Gasteiger partial charge in [0, 0.05) is 41.2 Å². The van der Waals surface area contributed by atoms with Gasteiger partial charge in [-0.2, -0.15) is 0 Å². The van der Waals surface area contributed by atoms with E-state index in [2.05, 4.69) is 5.32 Å². The second kappa shape index (κ2) is 11.8. The van der Waals surface area contributed by atoms with E-state index in [9.17, 15) is 38.8 Å². The molecule has 13 heteroatoms. The molecular formula is C26H23FN4O7S. The highest BCUT2D eigenvalue weighted by Gasteiger charge is 2.38. The largest absolute Gasteiger partial charge is 0.481 e. The number of non-ortho nitro benzene ring substituents is 1. The van der Waals surface area contributed by atoms with Gasteiger partial charge in [-0.05, 0) is 47.8 Å². The van der Waals surface area contributed by atoms with Gasteiger partial charge < -0.3 is 20.2 Å². The summed E-state index contributed by atoms with van der Waals surface area (Å²) >= 11 is 1.26. The van der Waals surface area contributed by atoms with Crippen molar-refractivity contribution in [1.29, 1.82) is 0 Å². The number of aliphatic carboxylic acids is 1. The van der Waals surface area contributed by atoms with Crippen molar-refractivity contribution in [3.8, 4) is 0 Å². The van der Waals surface area contributed by atoms with Crippen LogP contribution in [-0.2, 0) is 9.59 Å². The smallest absolute Gasteiger partial charge is 0.305 e. The molecule has 1 aliphatic heterocycles. The first kappa shape index (κ1) is 27.4. The van der Waals surface area contributed by atoms with E-state index < -0.39 is 52.9 Å². The molecule has 3 amide bonds. The van der Waals surface area contributed by atoms with Crippen molar-refractivity contribution in [3.05, 3.63) is 98.0 Å². The lowest BCUT2D eigenvalue weighted by Gasteiger charge is -2.41. The Morgan fingerprint density at radius 2 is 1.67 bits per heavy atom. The van der Waals surface area contributed by atoms with Crippen LogP contribution in [0.3, 0.4) is 0 Å². The Morgan fingerprint density at radius 3 is 2.26 bits per heavy atom. The number of nitro benzene ring substituents is 1. The molecule has 2 heterocycles. The fraction of sp³-hybridized carbons (Fsp3) is 0.231. The summed E-state index contributed by atoms with van der Waals surface area (Å²) in [6, 6.07) is 11.2. The Morgan fingerprint density at radius 1 is 1.03 bits per heavy atom. The molecule has 11 nitrogen and oxygen atoms in total. The average molecular weight is 555 g/mol. The number of halogens is 1. The molecule has 39 heavy (non-hydrogen) atoms. The standard InChI is InChI=1S/C26H23FN4O7S/c27-18-7-3-16(4-8-18)25(35)29-11-12-30(26(36)17-5-9-19(10-6-17)31(37)38)21(15-29)24(34)28-20(14-23(32)33)22-2-1-13-39-22/h1-10,13,20-21H,11-12,14-15H2,(H,28,34)(H,32,33). The summed E-state index contributed by atoms with van der Waals surface area (Å²) < 4.78 is 13.4. The summed E-state index contributed by atoms with van der Waals surface area (Å²) in [5, 5.41) is 24.8. The maximum absolute atomic E-state index is 13.6. The zero-order valence-corrected chi connectivity index (χ0v) is 21.2. The van der Waals surface area contributed by atoms with E-state index in [1.165, 1.54) is 57.5 Å². The van der Waals surface area contributed by atoms with Crippen molar-refractivity contribution in [2.75, 3.05) is 19.6 Å². The number of carbonyl (C=O) groups excluding carboxylic acids is 3. The topological polar surface area (TPSA) is 150 Å². The van der Waals surface area contributed by atoms with E-state index in [-0.39, 0.29) is 36.4 Å². The lowest BCUT2D eigenvalue weighted by Crippen LogP contribution is -2.61. The number of piperazine rings is 1. The molecule has 0 spiro atoms. The van der Waals surface area contributed by atoms with E-state index in [1.54, 1.807) is 17.5 Å². The second-order valence-corrected chi connectivity index (χ2v) is 9.73. The van der Waals surface area contributed by atoms with E-state index in [0.29, 0.717) is 4.88 Å². The Labute approximate surface area is 225 Å². The first-order chi connectivity index (χ1) is 18.6. The lowest BCUT2D eigenvalue weighted by atomic mass is 10.1. The molecule has 202 valence electrons. The number of nitrogens with zero attached hydrogens (tertiary/aromatic N) is 3. The molecule has 2 atom stereocenters. The van der Waals surface area contributed by atoms with Crippen molar-refractivity contribution in [3.63, 3.8) is 0 Å². The van der Waals surface area contributed by atoms with Crippen LogP contribution in [0.5, 0.6) is 0 Å². The van der Waals surface area contributed by atoms with Gasteiger partial charge in [-0.1, -0.05) is 6.07 Å². The van der Waals surface area contributed by atoms with Crippen LogP contribution in [0.15, 0.2) is 66.0 Å². The third kappa shape index (κ3) is 6.44. The molecule has 1 aliphatic rings. The SMILES string of the molecule is O=C(O)CC(NC(=O)C1CN(C(=O)c2ccc(F)cc2)CCN1C(=O)c1ccc([N+](=O)[O-])cc1)c1cccs1. The Kier molecular flexibility index (Phi) is 8.30. The zero-order valence-electron chi connectivity index (χ0n) is 20.4. The lowest BCUT2D eigenvalue weighted by molar-refractivity contribution is -0.384. The fourth-order valence-electron chi connectivity index (χ4n) is 4.26. The summed E-state index contributed by atoms with van der Waals surface area (Å²) in [6.07, 6.45) is -0.395. The van der Waals surface area contributed by atoms with Gasteiger partial charge in [0.2, 0.25) is 5.91 Å². The zero-order chi connectivity index (χ0) is 28.1. The van der Waals surface area contributed by atoms with Gasteiger partial charge in [-0.15, -0.1) is 11.3 Å². The number of carboxylic acids is 1. The summed E-state index contributed by atoms with van der Waals surface area (Å²) in [6.45, 7) is -0.170. The molecule has 1 aromatic heterocycles. The van der Waals surface area contributed by atoms with Crippen molar-refractivity contribution in [1.82, 2.24) is 15.1 Å². The monoisotopic (exact) mass is 554 g/mol. The molecule has 1 saturated heterocycles. The van der Waals surface area contributed by atoms with E-state index in [0.717, 1.165) is 12.1 Å². The number of hydrogen-bond donors (Lipinski definition) is 2. The van der Waals surface area contributed by atoms with Crippen LogP contribution in [0, 0.1) is 15.9 Å². The number of nitro groups is 1. The molecule has 3 aromatic rings. The third-order valence-electron chi connectivity index (χ3n) is 6.23. The number of nitrogens with one attached hydrogen (secondary N) is 1. The van der Waals surface area contributed by atoms with E-state index in [1.807, 2.05) is 0 Å². The minimum absolute atomic E-state index is 0.0383. The Hall–Kier alpha value is -4.65. The highest BCUT2D eigenvalue weighted by atomic mass is 32.1. The summed E-state index contributed by atoms with van der Waals surface area (Å²) in [7, 11) is 0. The second-order valence-electron chi connectivity index (χ2n) is 8.75. The van der Waals surface area contributed by atoms with Crippen LogP contribution in [0.2, 0.25) is 0 Å². The quantitative estimate of drug-likeness (QED) is 0.321. The van der Waals surface area contributed by atoms with Crippen LogP contribution < -0.4 is 5.32 Å². The van der Waals surface area contributed by atoms with Crippen LogP contribution in [0.4, 0.5) is 10.1 Å². The van der Waals surface area contributed by atoms with Crippen molar-refractivity contribution in [2.45, 2.75) is 18.5 Å². The molecule has 0 saturated carbocycles. The highest BCUT2D eigenvalue weighted by Crippen LogP contribution is 2.24. The molecular weight excluding hydrogens is 531 g/mol. The van der Waals surface area contributed by atoms with Crippen molar-refractivity contribution < 1.29 is 33.6 Å². The predicted octanol–water partition coefficient (Wildman–Crippen LogP) is 3.09. The minimum atomic E-state index is -1.19. The van der Waals surface area contributed by atoms with Gasteiger partial charge in [-0.3, -0.25) is 29.3 Å². The van der Waals surface area contributed by atoms with Crippen molar-refractivity contribution in [2.24, 2.45) is 0 Å². The molecule has 4 rings (SSSR count). The normalized spacial score (nSPS) is 15.9. The average Bonchev–Trinajstić information content (AvgIpc) is 3.47. The van der Waals surface area contributed by atoms with Crippen molar-refractivity contribution >= 4 is 40.7 Å². The van der Waals surface area contributed by atoms with E-state index >= 15 is 0 Å². The predicted molar refractivity (Wildman–Crippen MR) is 138 cm³/mol. The number of rotatable bonds is 8. The Bertz CT molecular complexity index is 1380. The first-order valence-corrected chi connectivity index (χ1v) is 12.7. The molecule has 2 aromatic carbocycles. The molecule has 2 unspecified atom stereocenters.